The predicted octanol–water partition coefficient (Wildman–Crippen LogP) is 1.64. The quantitative estimate of drug-likeness (QED) is 0.424. The number of esters is 1. The van der Waals surface area contributed by atoms with Crippen molar-refractivity contribution in [1.29, 1.82) is 10.5 Å². The van der Waals surface area contributed by atoms with E-state index in [2.05, 4.69) is 4.74 Å². The van der Waals surface area contributed by atoms with Crippen molar-refractivity contribution < 1.29 is 9.53 Å². The van der Waals surface area contributed by atoms with Gasteiger partial charge in [0.2, 0.25) is 0 Å². The number of ether oxygens (including phenoxy) is 1. The number of carbonyl (C=O) groups excluding carboxylic acids is 1. The molecular formula is C12H8N2O2. The third-order valence-electron chi connectivity index (χ3n) is 1.88. The van der Waals surface area contributed by atoms with Crippen molar-refractivity contribution in [3.8, 4) is 12.1 Å². The lowest BCUT2D eigenvalue weighted by atomic mass is 10.1. The molecule has 0 radical (unpaired) electrons. The van der Waals surface area contributed by atoms with Gasteiger partial charge in [0.15, 0.2) is 0 Å². The highest BCUT2D eigenvalue weighted by atomic mass is 16.5. The Morgan fingerprint density at radius 1 is 1.31 bits per heavy atom. The summed E-state index contributed by atoms with van der Waals surface area (Å²) in [5, 5.41) is 17.3. The molecule has 0 unspecified atom stereocenters. The summed E-state index contributed by atoms with van der Waals surface area (Å²) in [6.45, 7) is 0. The number of carbonyl (C=O) groups is 1. The smallest absolute Gasteiger partial charge is 0.348 e. The minimum absolute atomic E-state index is 0.0767. The van der Waals surface area contributed by atoms with Gasteiger partial charge in [-0.05, 0) is 23.8 Å². The first-order valence-electron chi connectivity index (χ1n) is 4.41. The van der Waals surface area contributed by atoms with E-state index in [0.29, 0.717) is 11.1 Å². The van der Waals surface area contributed by atoms with Gasteiger partial charge in [0, 0.05) is 0 Å². The highest BCUT2D eigenvalue weighted by Crippen LogP contribution is 2.09. The van der Waals surface area contributed by atoms with E-state index in [-0.39, 0.29) is 5.57 Å². The Labute approximate surface area is 93.0 Å². The monoisotopic (exact) mass is 212 g/mol. The SMILES string of the molecule is COC(=O)/C(C#N)=C\c1ccc(C#N)cc1. The summed E-state index contributed by atoms with van der Waals surface area (Å²) in [5.41, 5.74) is 1.11. The van der Waals surface area contributed by atoms with Crippen LogP contribution in [0.1, 0.15) is 11.1 Å². The van der Waals surface area contributed by atoms with E-state index in [1.807, 2.05) is 6.07 Å². The van der Waals surface area contributed by atoms with Crippen molar-refractivity contribution in [2.75, 3.05) is 7.11 Å². The molecule has 0 saturated carbocycles. The second-order valence-corrected chi connectivity index (χ2v) is 2.90. The number of hydrogen-bond donors (Lipinski definition) is 0. The molecule has 0 aliphatic rings. The molecule has 0 saturated heterocycles. The van der Waals surface area contributed by atoms with Gasteiger partial charge in [-0.25, -0.2) is 4.79 Å². The van der Waals surface area contributed by atoms with Crippen LogP contribution in [0.25, 0.3) is 6.08 Å². The molecule has 4 nitrogen and oxygen atoms in total. The van der Waals surface area contributed by atoms with E-state index in [4.69, 9.17) is 10.5 Å². The zero-order valence-electron chi connectivity index (χ0n) is 8.60. The Balaban J connectivity index is 3.02. The van der Waals surface area contributed by atoms with Gasteiger partial charge in [0.05, 0.1) is 18.7 Å². The normalized spacial score (nSPS) is 10.1. The van der Waals surface area contributed by atoms with Gasteiger partial charge in [-0.1, -0.05) is 12.1 Å². The largest absolute Gasteiger partial charge is 0.465 e. The topological polar surface area (TPSA) is 73.9 Å². The summed E-state index contributed by atoms with van der Waals surface area (Å²) >= 11 is 0. The third-order valence-corrected chi connectivity index (χ3v) is 1.88. The molecule has 1 rings (SSSR count). The molecule has 0 heterocycles. The Bertz CT molecular complexity index is 501. The summed E-state index contributed by atoms with van der Waals surface area (Å²) in [4.78, 5) is 11.1. The highest BCUT2D eigenvalue weighted by molar-refractivity contribution is 5.97. The summed E-state index contributed by atoms with van der Waals surface area (Å²) in [6.07, 6.45) is 1.41. The molecule has 0 aliphatic carbocycles. The molecule has 4 heteroatoms. The van der Waals surface area contributed by atoms with Crippen molar-refractivity contribution in [3.63, 3.8) is 0 Å². The standard InChI is InChI=1S/C12H8N2O2/c1-16-12(15)11(8-14)6-9-2-4-10(7-13)5-3-9/h2-6H,1H3/b11-6-. The number of benzene rings is 1. The van der Waals surface area contributed by atoms with Crippen LogP contribution in [0.3, 0.4) is 0 Å². The second-order valence-electron chi connectivity index (χ2n) is 2.90. The number of methoxy groups -OCH3 is 1. The highest BCUT2D eigenvalue weighted by Gasteiger charge is 2.07. The van der Waals surface area contributed by atoms with Crippen LogP contribution in [0.15, 0.2) is 29.8 Å². The van der Waals surface area contributed by atoms with Crippen molar-refractivity contribution >= 4 is 12.0 Å². The van der Waals surface area contributed by atoms with Crippen LogP contribution in [-0.2, 0) is 9.53 Å². The van der Waals surface area contributed by atoms with Crippen LogP contribution in [0.2, 0.25) is 0 Å². The fourth-order valence-electron chi connectivity index (χ4n) is 1.07. The number of nitrogens with zero attached hydrogens (tertiary/aromatic N) is 2. The minimum Gasteiger partial charge on any atom is -0.465 e. The first kappa shape index (κ1) is 11.5. The Morgan fingerprint density at radius 3 is 2.38 bits per heavy atom. The maximum Gasteiger partial charge on any atom is 0.348 e. The molecule has 0 aromatic heterocycles. The van der Waals surface area contributed by atoms with Crippen molar-refractivity contribution in [1.82, 2.24) is 0 Å². The number of nitriles is 2. The van der Waals surface area contributed by atoms with E-state index >= 15 is 0 Å². The maximum atomic E-state index is 11.1. The van der Waals surface area contributed by atoms with Gasteiger partial charge >= 0.3 is 5.97 Å². The third kappa shape index (κ3) is 2.70. The van der Waals surface area contributed by atoms with Crippen LogP contribution in [-0.4, -0.2) is 13.1 Å². The number of rotatable bonds is 2. The van der Waals surface area contributed by atoms with Gasteiger partial charge in [-0.2, -0.15) is 10.5 Å². The molecule has 0 N–H and O–H groups in total. The molecule has 1 aromatic rings. The Kier molecular flexibility index (Phi) is 3.83. The van der Waals surface area contributed by atoms with E-state index in [1.165, 1.54) is 13.2 Å². The average molecular weight is 212 g/mol. The van der Waals surface area contributed by atoms with Gasteiger partial charge in [0.25, 0.3) is 0 Å². The Morgan fingerprint density at radius 2 is 1.94 bits per heavy atom. The van der Waals surface area contributed by atoms with Crippen molar-refractivity contribution in [2.24, 2.45) is 0 Å². The van der Waals surface area contributed by atoms with Crippen LogP contribution < -0.4 is 0 Å². The summed E-state index contributed by atoms with van der Waals surface area (Å²) in [6, 6.07) is 10.3. The average Bonchev–Trinajstić information content (AvgIpc) is 2.35. The van der Waals surface area contributed by atoms with Crippen LogP contribution >= 0.6 is 0 Å². The fourth-order valence-corrected chi connectivity index (χ4v) is 1.07. The summed E-state index contributed by atoms with van der Waals surface area (Å²) in [5.74, 6) is -0.674. The van der Waals surface area contributed by atoms with Gasteiger partial charge in [0.1, 0.15) is 11.6 Å². The van der Waals surface area contributed by atoms with Crippen LogP contribution in [0.5, 0.6) is 0 Å². The molecule has 78 valence electrons. The van der Waals surface area contributed by atoms with E-state index in [1.54, 1.807) is 30.3 Å². The predicted molar refractivity (Wildman–Crippen MR) is 56.8 cm³/mol. The lowest BCUT2D eigenvalue weighted by Gasteiger charge is -1.97. The first-order valence-corrected chi connectivity index (χ1v) is 4.41. The number of hydrogen-bond acceptors (Lipinski definition) is 4. The van der Waals surface area contributed by atoms with Crippen LogP contribution in [0.4, 0.5) is 0 Å². The van der Waals surface area contributed by atoms with E-state index in [0.717, 1.165) is 0 Å². The molecule has 0 bridgehead atoms. The maximum absolute atomic E-state index is 11.1. The van der Waals surface area contributed by atoms with Crippen molar-refractivity contribution in [2.45, 2.75) is 0 Å². The summed E-state index contributed by atoms with van der Waals surface area (Å²) in [7, 11) is 1.21. The van der Waals surface area contributed by atoms with E-state index in [9.17, 15) is 4.79 Å². The van der Waals surface area contributed by atoms with Crippen LogP contribution in [0, 0.1) is 22.7 Å². The molecule has 0 aliphatic heterocycles. The minimum atomic E-state index is -0.674. The fraction of sp³-hybridized carbons (Fsp3) is 0.0833. The molecule has 0 amide bonds. The molecule has 1 aromatic carbocycles. The molecule has 0 atom stereocenters. The first-order chi connectivity index (χ1) is 7.71. The van der Waals surface area contributed by atoms with E-state index < -0.39 is 5.97 Å². The lowest BCUT2D eigenvalue weighted by Crippen LogP contribution is -2.02. The molecule has 0 fully saturated rings. The zero-order valence-corrected chi connectivity index (χ0v) is 8.60. The molecule has 16 heavy (non-hydrogen) atoms. The summed E-state index contributed by atoms with van der Waals surface area (Å²) < 4.78 is 4.44. The van der Waals surface area contributed by atoms with Crippen molar-refractivity contribution in [3.05, 3.63) is 41.0 Å². The molecular weight excluding hydrogens is 204 g/mol. The van der Waals surface area contributed by atoms with Gasteiger partial charge < -0.3 is 4.74 Å². The van der Waals surface area contributed by atoms with Gasteiger partial charge in [-0.15, -0.1) is 0 Å². The lowest BCUT2D eigenvalue weighted by molar-refractivity contribution is -0.135. The second kappa shape index (κ2) is 5.33. The molecule has 0 spiro atoms. The Hall–Kier alpha value is -2.59. The zero-order chi connectivity index (χ0) is 12.0. The van der Waals surface area contributed by atoms with Gasteiger partial charge in [-0.3, -0.25) is 0 Å².